The Morgan fingerprint density at radius 3 is 2.35 bits per heavy atom. The van der Waals surface area contributed by atoms with Crippen molar-refractivity contribution in [2.75, 3.05) is 0 Å². The van der Waals surface area contributed by atoms with Gasteiger partial charge in [-0.15, -0.1) is 4.98 Å². The van der Waals surface area contributed by atoms with Crippen molar-refractivity contribution in [3.05, 3.63) is 35.1 Å². The number of aromatic nitrogens is 3. The molecule has 0 amide bonds. The molecular formula is C13H14ClN3O3. The lowest BCUT2D eigenvalue weighted by Crippen LogP contribution is -2.09. The number of halogens is 1. The molecule has 106 valence electrons. The number of aliphatic hydroxyl groups excluding tert-OH is 1. The van der Waals surface area contributed by atoms with Crippen LogP contribution in [0.4, 0.5) is 0 Å². The lowest BCUT2D eigenvalue weighted by molar-refractivity contribution is 0.218. The predicted molar refractivity (Wildman–Crippen MR) is 73.0 cm³/mol. The third-order valence-electron chi connectivity index (χ3n) is 2.22. The van der Waals surface area contributed by atoms with Gasteiger partial charge in [0.2, 0.25) is 5.28 Å². The topological polar surface area (TPSA) is 77.4 Å². The van der Waals surface area contributed by atoms with Gasteiger partial charge in [0.15, 0.2) is 0 Å². The first-order valence-corrected chi connectivity index (χ1v) is 6.40. The minimum atomic E-state index is -0.0786. The summed E-state index contributed by atoms with van der Waals surface area (Å²) in [5, 5.41) is 8.96. The van der Waals surface area contributed by atoms with Gasteiger partial charge in [0.25, 0.3) is 0 Å². The Morgan fingerprint density at radius 1 is 1.10 bits per heavy atom. The summed E-state index contributed by atoms with van der Waals surface area (Å²) in [7, 11) is 0. The highest BCUT2D eigenvalue weighted by atomic mass is 35.5. The Bertz CT molecular complexity index is 576. The molecule has 0 saturated carbocycles. The predicted octanol–water partition coefficient (Wildman–Crippen LogP) is 2.60. The summed E-state index contributed by atoms with van der Waals surface area (Å²) in [5.41, 5.74) is 0.787. The second-order valence-corrected chi connectivity index (χ2v) is 4.58. The maximum Gasteiger partial charge on any atom is 0.329 e. The minimum absolute atomic E-state index is 0.00220. The highest BCUT2D eigenvalue weighted by molar-refractivity contribution is 6.28. The Hall–Kier alpha value is -1.92. The maximum absolute atomic E-state index is 8.97. The van der Waals surface area contributed by atoms with Gasteiger partial charge in [-0.2, -0.15) is 9.97 Å². The van der Waals surface area contributed by atoms with Gasteiger partial charge in [-0.1, -0.05) is 12.1 Å². The van der Waals surface area contributed by atoms with Crippen LogP contribution in [0.15, 0.2) is 24.3 Å². The molecule has 1 heterocycles. The number of hydrogen-bond acceptors (Lipinski definition) is 6. The molecule has 0 aliphatic rings. The van der Waals surface area contributed by atoms with Crippen LogP contribution in [0.5, 0.6) is 17.8 Å². The van der Waals surface area contributed by atoms with Gasteiger partial charge < -0.3 is 14.6 Å². The molecule has 0 unspecified atom stereocenters. The van der Waals surface area contributed by atoms with E-state index in [2.05, 4.69) is 15.0 Å². The Balaban J connectivity index is 2.17. The van der Waals surface area contributed by atoms with Crippen LogP contribution in [0, 0.1) is 0 Å². The SMILES string of the molecule is CC(C)Oc1nc(Cl)nc(Oc2ccc(CO)cc2)n1. The van der Waals surface area contributed by atoms with Gasteiger partial charge >= 0.3 is 12.0 Å². The number of benzene rings is 1. The van der Waals surface area contributed by atoms with E-state index in [0.717, 1.165) is 5.56 Å². The standard InChI is InChI=1S/C13H14ClN3O3/c1-8(2)19-12-15-11(14)16-13(17-12)20-10-5-3-9(7-18)4-6-10/h3-6,8,18H,7H2,1-2H3. The summed E-state index contributed by atoms with van der Waals surface area (Å²) in [5.74, 6) is 0.528. The molecular weight excluding hydrogens is 282 g/mol. The van der Waals surface area contributed by atoms with Crippen LogP contribution >= 0.6 is 11.6 Å². The number of nitrogens with zero attached hydrogens (tertiary/aromatic N) is 3. The van der Waals surface area contributed by atoms with E-state index in [1.165, 1.54) is 0 Å². The highest BCUT2D eigenvalue weighted by Crippen LogP contribution is 2.21. The Morgan fingerprint density at radius 2 is 1.75 bits per heavy atom. The van der Waals surface area contributed by atoms with Crippen LogP contribution in [0.1, 0.15) is 19.4 Å². The van der Waals surface area contributed by atoms with E-state index in [0.29, 0.717) is 5.75 Å². The Labute approximate surface area is 121 Å². The molecule has 0 spiro atoms. The summed E-state index contributed by atoms with van der Waals surface area (Å²) < 4.78 is 10.8. The van der Waals surface area contributed by atoms with Gasteiger partial charge in [0.1, 0.15) is 5.75 Å². The Kier molecular flexibility index (Phi) is 4.70. The van der Waals surface area contributed by atoms with Crippen LogP contribution in [-0.2, 0) is 6.61 Å². The summed E-state index contributed by atoms with van der Waals surface area (Å²) in [6, 6.07) is 7.05. The zero-order valence-corrected chi connectivity index (χ0v) is 11.8. The molecule has 6 nitrogen and oxygen atoms in total. The summed E-state index contributed by atoms with van der Waals surface area (Å²) >= 11 is 5.79. The van der Waals surface area contributed by atoms with Crippen molar-refractivity contribution in [1.29, 1.82) is 0 Å². The van der Waals surface area contributed by atoms with E-state index in [1.54, 1.807) is 24.3 Å². The number of hydrogen-bond donors (Lipinski definition) is 1. The van der Waals surface area contributed by atoms with Crippen molar-refractivity contribution < 1.29 is 14.6 Å². The lowest BCUT2D eigenvalue weighted by atomic mass is 10.2. The van der Waals surface area contributed by atoms with Crippen molar-refractivity contribution >= 4 is 11.6 Å². The van der Waals surface area contributed by atoms with E-state index in [4.69, 9.17) is 26.2 Å². The quantitative estimate of drug-likeness (QED) is 0.913. The van der Waals surface area contributed by atoms with Gasteiger partial charge in [-0.25, -0.2) is 0 Å². The molecule has 0 bridgehead atoms. The molecule has 20 heavy (non-hydrogen) atoms. The fourth-order valence-electron chi connectivity index (χ4n) is 1.39. The van der Waals surface area contributed by atoms with Crippen LogP contribution in [-0.4, -0.2) is 26.2 Å². The zero-order chi connectivity index (χ0) is 14.5. The minimum Gasteiger partial charge on any atom is -0.461 e. The highest BCUT2D eigenvalue weighted by Gasteiger charge is 2.09. The first-order valence-electron chi connectivity index (χ1n) is 6.02. The molecule has 1 aromatic carbocycles. The molecule has 0 fully saturated rings. The summed E-state index contributed by atoms with van der Waals surface area (Å²) in [4.78, 5) is 11.7. The number of rotatable bonds is 5. The van der Waals surface area contributed by atoms with E-state index in [1.807, 2.05) is 13.8 Å². The molecule has 0 radical (unpaired) electrons. The van der Waals surface area contributed by atoms with Crippen molar-refractivity contribution in [3.63, 3.8) is 0 Å². The van der Waals surface area contributed by atoms with Crippen molar-refractivity contribution in [3.8, 4) is 17.8 Å². The average Bonchev–Trinajstić information content (AvgIpc) is 2.38. The van der Waals surface area contributed by atoms with Crippen LogP contribution in [0.3, 0.4) is 0 Å². The molecule has 2 rings (SSSR count). The molecule has 1 N–H and O–H groups in total. The summed E-state index contributed by atoms with van der Waals surface area (Å²) in [6.07, 6.45) is -0.0786. The second kappa shape index (κ2) is 6.49. The van der Waals surface area contributed by atoms with Crippen molar-refractivity contribution in [2.24, 2.45) is 0 Å². The van der Waals surface area contributed by atoms with E-state index in [-0.39, 0.29) is 30.0 Å². The molecule has 0 atom stereocenters. The first kappa shape index (κ1) is 14.5. The van der Waals surface area contributed by atoms with Crippen molar-refractivity contribution in [2.45, 2.75) is 26.6 Å². The third kappa shape index (κ3) is 4.04. The summed E-state index contributed by atoms with van der Waals surface area (Å²) in [6.45, 7) is 3.68. The van der Waals surface area contributed by atoms with Gasteiger partial charge in [-0.05, 0) is 43.1 Å². The molecule has 1 aromatic heterocycles. The smallest absolute Gasteiger partial charge is 0.329 e. The number of ether oxygens (including phenoxy) is 2. The van der Waals surface area contributed by atoms with Crippen LogP contribution in [0.2, 0.25) is 5.28 Å². The molecule has 7 heteroatoms. The van der Waals surface area contributed by atoms with Gasteiger partial charge in [-0.3, -0.25) is 0 Å². The molecule has 0 saturated heterocycles. The van der Waals surface area contributed by atoms with Gasteiger partial charge in [0.05, 0.1) is 12.7 Å². The number of aliphatic hydroxyl groups is 1. The average molecular weight is 296 g/mol. The van der Waals surface area contributed by atoms with Crippen LogP contribution in [0.25, 0.3) is 0 Å². The van der Waals surface area contributed by atoms with E-state index in [9.17, 15) is 0 Å². The van der Waals surface area contributed by atoms with Crippen LogP contribution < -0.4 is 9.47 Å². The third-order valence-corrected chi connectivity index (χ3v) is 2.39. The normalized spacial score (nSPS) is 10.7. The molecule has 0 aliphatic heterocycles. The van der Waals surface area contributed by atoms with E-state index >= 15 is 0 Å². The fraction of sp³-hybridized carbons (Fsp3) is 0.308. The van der Waals surface area contributed by atoms with Gasteiger partial charge in [0, 0.05) is 0 Å². The molecule has 0 aliphatic carbocycles. The maximum atomic E-state index is 8.97. The first-order chi connectivity index (χ1) is 9.56. The monoisotopic (exact) mass is 295 g/mol. The largest absolute Gasteiger partial charge is 0.461 e. The molecule has 2 aromatic rings. The van der Waals surface area contributed by atoms with E-state index < -0.39 is 0 Å². The second-order valence-electron chi connectivity index (χ2n) is 4.24. The fourth-order valence-corrected chi connectivity index (χ4v) is 1.54. The zero-order valence-electron chi connectivity index (χ0n) is 11.1. The van der Waals surface area contributed by atoms with Crippen molar-refractivity contribution in [1.82, 2.24) is 15.0 Å². The lowest BCUT2D eigenvalue weighted by Gasteiger charge is -2.09.